The average Bonchev–Trinajstić information content (AvgIpc) is 2.47. The molecule has 0 aromatic carbocycles. The molecule has 0 saturated carbocycles. The lowest BCUT2D eigenvalue weighted by Crippen LogP contribution is -2.32. The first-order valence-corrected chi connectivity index (χ1v) is 7.84. The molecule has 6 nitrogen and oxygen atoms in total. The van der Waals surface area contributed by atoms with Gasteiger partial charge in [0.05, 0.1) is 5.25 Å². The molecule has 7 heteroatoms. The molecule has 0 saturated heterocycles. The lowest BCUT2D eigenvalue weighted by Gasteiger charge is -2.11. The molecule has 1 atom stereocenters. The van der Waals surface area contributed by atoms with Crippen molar-refractivity contribution >= 4 is 17.7 Å². The maximum atomic E-state index is 12.0. The van der Waals surface area contributed by atoms with E-state index in [1.165, 1.54) is 17.8 Å². The van der Waals surface area contributed by atoms with Crippen molar-refractivity contribution in [1.82, 2.24) is 20.3 Å². The van der Waals surface area contributed by atoms with Crippen molar-refractivity contribution in [2.24, 2.45) is 0 Å². The summed E-state index contributed by atoms with van der Waals surface area (Å²) in [7, 11) is 0. The molecule has 0 aliphatic carbocycles. The molecular formula is C15H18N4O2S. The van der Waals surface area contributed by atoms with E-state index in [1.54, 1.807) is 26.2 Å². The van der Waals surface area contributed by atoms with Crippen LogP contribution in [0.1, 0.15) is 18.2 Å². The summed E-state index contributed by atoms with van der Waals surface area (Å²) < 4.78 is 0. The van der Waals surface area contributed by atoms with E-state index in [4.69, 9.17) is 0 Å². The molecule has 116 valence electrons. The minimum absolute atomic E-state index is 0.0804. The topological polar surface area (TPSA) is 87.7 Å². The van der Waals surface area contributed by atoms with Gasteiger partial charge in [0.25, 0.3) is 5.56 Å². The van der Waals surface area contributed by atoms with E-state index in [9.17, 15) is 9.59 Å². The van der Waals surface area contributed by atoms with Crippen molar-refractivity contribution in [3.63, 3.8) is 0 Å². The van der Waals surface area contributed by atoms with Gasteiger partial charge in [-0.2, -0.15) is 0 Å². The van der Waals surface area contributed by atoms with Crippen LogP contribution in [0.3, 0.4) is 0 Å². The van der Waals surface area contributed by atoms with Crippen LogP contribution in [0.2, 0.25) is 0 Å². The number of amides is 1. The van der Waals surface area contributed by atoms with Gasteiger partial charge in [0.2, 0.25) is 5.91 Å². The zero-order valence-corrected chi connectivity index (χ0v) is 13.3. The molecule has 2 aromatic rings. The second-order valence-electron chi connectivity index (χ2n) is 4.85. The van der Waals surface area contributed by atoms with Gasteiger partial charge in [0.15, 0.2) is 5.16 Å². The largest absolute Gasteiger partial charge is 0.355 e. The number of aryl methyl sites for hydroxylation is 1. The number of aromatic amines is 1. The molecule has 0 aliphatic heterocycles. The highest BCUT2D eigenvalue weighted by Crippen LogP contribution is 2.18. The van der Waals surface area contributed by atoms with E-state index in [2.05, 4.69) is 20.3 Å². The Hall–Kier alpha value is -2.15. The summed E-state index contributed by atoms with van der Waals surface area (Å²) in [4.78, 5) is 34.2. The molecule has 1 amide bonds. The van der Waals surface area contributed by atoms with Crippen molar-refractivity contribution in [2.45, 2.75) is 30.7 Å². The highest BCUT2D eigenvalue weighted by Gasteiger charge is 2.15. The van der Waals surface area contributed by atoms with Gasteiger partial charge in [-0.05, 0) is 38.0 Å². The Bertz CT molecular complexity index is 687. The van der Waals surface area contributed by atoms with E-state index >= 15 is 0 Å². The number of nitrogens with one attached hydrogen (secondary N) is 2. The lowest BCUT2D eigenvalue weighted by molar-refractivity contribution is -0.120. The fourth-order valence-electron chi connectivity index (χ4n) is 1.85. The number of pyridine rings is 1. The Morgan fingerprint density at radius 1 is 1.41 bits per heavy atom. The van der Waals surface area contributed by atoms with Crippen molar-refractivity contribution < 1.29 is 4.79 Å². The second-order valence-corrected chi connectivity index (χ2v) is 6.18. The molecule has 2 aromatic heterocycles. The van der Waals surface area contributed by atoms with E-state index in [-0.39, 0.29) is 16.7 Å². The predicted molar refractivity (Wildman–Crippen MR) is 85.9 cm³/mol. The van der Waals surface area contributed by atoms with Gasteiger partial charge < -0.3 is 10.3 Å². The summed E-state index contributed by atoms with van der Waals surface area (Å²) in [6.45, 7) is 4.10. The fraction of sp³-hybridized carbons (Fsp3) is 0.333. The maximum absolute atomic E-state index is 12.0. The summed E-state index contributed by atoms with van der Waals surface area (Å²) in [5, 5.41) is 3.01. The Labute approximate surface area is 132 Å². The van der Waals surface area contributed by atoms with Crippen LogP contribution in [-0.4, -0.2) is 32.7 Å². The third-order valence-electron chi connectivity index (χ3n) is 2.97. The first-order chi connectivity index (χ1) is 10.5. The van der Waals surface area contributed by atoms with Crippen LogP contribution in [0.4, 0.5) is 0 Å². The van der Waals surface area contributed by atoms with Crippen LogP contribution in [-0.2, 0) is 11.2 Å². The first kappa shape index (κ1) is 16.2. The number of carbonyl (C=O) groups is 1. The maximum Gasteiger partial charge on any atom is 0.251 e. The molecule has 0 fully saturated rings. The number of hydrogen-bond acceptors (Lipinski definition) is 5. The average molecular weight is 318 g/mol. The van der Waals surface area contributed by atoms with E-state index in [1.807, 2.05) is 12.1 Å². The van der Waals surface area contributed by atoms with Gasteiger partial charge in [0, 0.05) is 30.7 Å². The SMILES string of the molecule is Cc1cc(=O)[nH]c(S[C@H](C)C(=O)NCCc2ccncc2)n1. The smallest absolute Gasteiger partial charge is 0.251 e. The quantitative estimate of drug-likeness (QED) is 0.619. The number of nitrogens with zero attached hydrogens (tertiary/aromatic N) is 2. The van der Waals surface area contributed by atoms with E-state index in [0.717, 1.165) is 12.0 Å². The Morgan fingerprint density at radius 3 is 2.82 bits per heavy atom. The lowest BCUT2D eigenvalue weighted by atomic mass is 10.2. The van der Waals surface area contributed by atoms with Gasteiger partial charge in [-0.25, -0.2) is 4.98 Å². The molecule has 2 heterocycles. The fourth-order valence-corrected chi connectivity index (χ4v) is 2.73. The second kappa shape index (κ2) is 7.74. The van der Waals surface area contributed by atoms with Crippen LogP contribution in [0.25, 0.3) is 0 Å². The zero-order chi connectivity index (χ0) is 15.9. The molecule has 2 rings (SSSR count). The standard InChI is InChI=1S/C15H18N4O2S/c1-10-9-13(20)19-15(18-10)22-11(2)14(21)17-8-5-12-3-6-16-7-4-12/h3-4,6-7,9,11H,5,8H2,1-2H3,(H,17,21)(H,18,19,20)/t11-/m1/s1. The summed E-state index contributed by atoms with van der Waals surface area (Å²) in [5.41, 5.74) is 1.55. The van der Waals surface area contributed by atoms with Gasteiger partial charge >= 0.3 is 0 Å². The summed E-state index contributed by atoms with van der Waals surface area (Å²) in [6.07, 6.45) is 4.22. The first-order valence-electron chi connectivity index (χ1n) is 6.96. The normalized spacial score (nSPS) is 11.9. The van der Waals surface area contributed by atoms with Crippen LogP contribution in [0.15, 0.2) is 40.5 Å². The third kappa shape index (κ3) is 5.00. The molecule has 0 radical (unpaired) electrons. The number of thioether (sulfide) groups is 1. The molecule has 0 unspecified atom stereocenters. The number of hydrogen-bond donors (Lipinski definition) is 2. The van der Waals surface area contributed by atoms with Crippen LogP contribution >= 0.6 is 11.8 Å². The van der Waals surface area contributed by atoms with Gasteiger partial charge in [-0.1, -0.05) is 11.8 Å². The highest BCUT2D eigenvalue weighted by molar-refractivity contribution is 8.00. The summed E-state index contributed by atoms with van der Waals surface area (Å²) >= 11 is 1.24. The molecule has 0 aliphatic rings. The Morgan fingerprint density at radius 2 is 2.14 bits per heavy atom. The van der Waals surface area contributed by atoms with Crippen LogP contribution in [0, 0.1) is 6.92 Å². The van der Waals surface area contributed by atoms with Crippen molar-refractivity contribution in [2.75, 3.05) is 6.54 Å². The number of carbonyl (C=O) groups excluding carboxylic acids is 1. The number of rotatable bonds is 6. The van der Waals surface area contributed by atoms with Crippen LogP contribution in [0.5, 0.6) is 0 Å². The third-order valence-corrected chi connectivity index (χ3v) is 3.95. The van der Waals surface area contributed by atoms with Gasteiger partial charge in [-0.15, -0.1) is 0 Å². The number of H-pyrrole nitrogens is 1. The number of aromatic nitrogens is 3. The zero-order valence-electron chi connectivity index (χ0n) is 12.5. The van der Waals surface area contributed by atoms with E-state index < -0.39 is 0 Å². The Kier molecular flexibility index (Phi) is 5.71. The summed E-state index contributed by atoms with van der Waals surface area (Å²) in [6, 6.07) is 5.26. The van der Waals surface area contributed by atoms with Crippen molar-refractivity contribution in [1.29, 1.82) is 0 Å². The minimum Gasteiger partial charge on any atom is -0.355 e. The Balaban J connectivity index is 1.83. The minimum atomic E-state index is -0.331. The van der Waals surface area contributed by atoms with Crippen molar-refractivity contribution in [3.8, 4) is 0 Å². The van der Waals surface area contributed by atoms with Gasteiger partial charge in [0.1, 0.15) is 0 Å². The summed E-state index contributed by atoms with van der Waals surface area (Å²) in [5.74, 6) is -0.0804. The molecule has 2 N–H and O–H groups in total. The highest BCUT2D eigenvalue weighted by atomic mass is 32.2. The van der Waals surface area contributed by atoms with Crippen LogP contribution < -0.4 is 10.9 Å². The molecule has 0 spiro atoms. The van der Waals surface area contributed by atoms with E-state index in [0.29, 0.717) is 17.4 Å². The molecule has 22 heavy (non-hydrogen) atoms. The van der Waals surface area contributed by atoms with Gasteiger partial charge in [-0.3, -0.25) is 14.6 Å². The van der Waals surface area contributed by atoms with Crippen molar-refractivity contribution in [3.05, 3.63) is 52.2 Å². The molecular weight excluding hydrogens is 300 g/mol. The predicted octanol–water partition coefficient (Wildman–Crippen LogP) is 1.31. The molecule has 0 bridgehead atoms. The monoisotopic (exact) mass is 318 g/mol.